The number of aryl methyl sites for hydroxylation is 2. The molecule has 0 aromatic carbocycles. The summed E-state index contributed by atoms with van der Waals surface area (Å²) >= 11 is 1.64. The first-order chi connectivity index (χ1) is 8.08. The van der Waals surface area contributed by atoms with Gasteiger partial charge in [0.05, 0.1) is 4.88 Å². The van der Waals surface area contributed by atoms with Crippen LogP contribution < -0.4 is 11.1 Å². The van der Waals surface area contributed by atoms with Gasteiger partial charge in [0.25, 0.3) is 5.91 Å². The molecule has 1 heterocycles. The first-order valence-corrected chi connectivity index (χ1v) is 7.05. The van der Waals surface area contributed by atoms with E-state index in [1.807, 2.05) is 6.07 Å². The molecule has 0 saturated heterocycles. The number of thiophene rings is 1. The molecule has 3 nitrogen and oxygen atoms in total. The normalized spacial score (nSPS) is 16.0. The number of nitrogens with two attached hydrogens (primary N) is 1. The first kappa shape index (κ1) is 12.6. The van der Waals surface area contributed by atoms with Crippen molar-refractivity contribution in [3.8, 4) is 0 Å². The Morgan fingerprint density at radius 1 is 1.53 bits per heavy atom. The predicted molar refractivity (Wildman–Crippen MR) is 71.5 cm³/mol. The van der Waals surface area contributed by atoms with E-state index in [-0.39, 0.29) is 11.9 Å². The van der Waals surface area contributed by atoms with E-state index >= 15 is 0 Å². The maximum Gasteiger partial charge on any atom is 0.261 e. The van der Waals surface area contributed by atoms with E-state index in [1.54, 1.807) is 11.3 Å². The van der Waals surface area contributed by atoms with Crippen LogP contribution in [0.15, 0.2) is 6.07 Å². The van der Waals surface area contributed by atoms with Gasteiger partial charge in [0, 0.05) is 17.5 Å². The van der Waals surface area contributed by atoms with Gasteiger partial charge in [0.1, 0.15) is 0 Å². The summed E-state index contributed by atoms with van der Waals surface area (Å²) < 4.78 is 0. The highest BCUT2D eigenvalue weighted by Crippen LogP contribution is 2.30. The van der Waals surface area contributed by atoms with Crippen molar-refractivity contribution in [1.29, 1.82) is 0 Å². The van der Waals surface area contributed by atoms with Crippen molar-refractivity contribution < 1.29 is 4.79 Å². The van der Waals surface area contributed by atoms with Crippen LogP contribution in [0.4, 0.5) is 0 Å². The molecule has 4 heteroatoms. The van der Waals surface area contributed by atoms with Crippen molar-refractivity contribution in [3.05, 3.63) is 21.4 Å². The van der Waals surface area contributed by atoms with Gasteiger partial charge in [0.2, 0.25) is 0 Å². The third-order valence-electron chi connectivity index (χ3n) is 3.33. The number of hydrogen-bond donors (Lipinski definition) is 2. The molecule has 1 aliphatic rings. The maximum absolute atomic E-state index is 11.9. The fourth-order valence-electron chi connectivity index (χ4n) is 1.97. The van der Waals surface area contributed by atoms with Gasteiger partial charge in [-0.1, -0.05) is 13.8 Å². The van der Waals surface area contributed by atoms with Crippen LogP contribution in [0.3, 0.4) is 0 Å². The molecule has 0 spiro atoms. The zero-order chi connectivity index (χ0) is 12.4. The quantitative estimate of drug-likeness (QED) is 0.860. The molecular weight excluding hydrogens is 232 g/mol. The van der Waals surface area contributed by atoms with Crippen LogP contribution in [0.25, 0.3) is 0 Å². The summed E-state index contributed by atoms with van der Waals surface area (Å²) in [5.74, 6) is 0.421. The molecule has 0 fully saturated rings. The molecular formula is C13H20N2OS. The number of rotatable bonds is 4. The lowest BCUT2D eigenvalue weighted by Crippen LogP contribution is -2.40. The molecule has 1 unspecified atom stereocenters. The second kappa shape index (κ2) is 5.19. The number of hydrogen-bond acceptors (Lipinski definition) is 3. The molecule has 0 radical (unpaired) electrons. The third kappa shape index (κ3) is 2.87. The lowest BCUT2D eigenvalue weighted by atomic mass is 10.1. The summed E-state index contributed by atoms with van der Waals surface area (Å²) in [4.78, 5) is 14.2. The first-order valence-electron chi connectivity index (χ1n) is 6.23. The van der Waals surface area contributed by atoms with Gasteiger partial charge >= 0.3 is 0 Å². The van der Waals surface area contributed by atoms with E-state index in [0.717, 1.165) is 17.7 Å². The van der Waals surface area contributed by atoms with Gasteiger partial charge in [-0.05, 0) is 36.8 Å². The molecule has 1 aromatic rings. The van der Waals surface area contributed by atoms with Gasteiger partial charge in [-0.25, -0.2) is 0 Å². The molecule has 17 heavy (non-hydrogen) atoms. The molecule has 0 saturated carbocycles. The van der Waals surface area contributed by atoms with E-state index in [4.69, 9.17) is 5.73 Å². The van der Waals surface area contributed by atoms with E-state index in [2.05, 4.69) is 19.2 Å². The van der Waals surface area contributed by atoms with Gasteiger partial charge in [-0.3, -0.25) is 4.79 Å². The van der Waals surface area contributed by atoms with Crippen molar-refractivity contribution in [2.45, 2.75) is 39.2 Å². The van der Waals surface area contributed by atoms with Crippen LogP contribution in [-0.2, 0) is 12.8 Å². The summed E-state index contributed by atoms with van der Waals surface area (Å²) in [5.41, 5.74) is 7.27. The fourth-order valence-corrected chi connectivity index (χ4v) is 3.14. The lowest BCUT2D eigenvalue weighted by molar-refractivity contribution is 0.0953. The number of amides is 1. The Hall–Kier alpha value is -0.870. The van der Waals surface area contributed by atoms with Crippen LogP contribution in [-0.4, -0.2) is 18.5 Å². The topological polar surface area (TPSA) is 55.1 Å². The van der Waals surface area contributed by atoms with Crippen LogP contribution in [0.1, 0.15) is 40.4 Å². The SMILES string of the molecule is CC(C)C(N)CNC(=O)c1cc2c(s1)CCC2. The summed E-state index contributed by atoms with van der Waals surface area (Å²) in [7, 11) is 0. The lowest BCUT2D eigenvalue weighted by Gasteiger charge is -2.15. The molecule has 94 valence electrons. The molecule has 0 aliphatic heterocycles. The van der Waals surface area contributed by atoms with Crippen LogP contribution in [0.2, 0.25) is 0 Å². The predicted octanol–water partition coefficient (Wildman–Crippen LogP) is 1.95. The van der Waals surface area contributed by atoms with Crippen molar-refractivity contribution in [2.24, 2.45) is 11.7 Å². The Bertz CT molecular complexity index is 390. The molecule has 1 atom stereocenters. The Morgan fingerprint density at radius 3 is 2.94 bits per heavy atom. The summed E-state index contributed by atoms with van der Waals surface area (Å²) in [6.07, 6.45) is 3.50. The average Bonchev–Trinajstić information content (AvgIpc) is 2.84. The van der Waals surface area contributed by atoms with Crippen molar-refractivity contribution in [2.75, 3.05) is 6.54 Å². The van der Waals surface area contributed by atoms with Gasteiger partial charge in [-0.15, -0.1) is 11.3 Å². The van der Waals surface area contributed by atoms with Crippen molar-refractivity contribution in [3.63, 3.8) is 0 Å². The molecule has 3 N–H and O–H groups in total. The summed E-state index contributed by atoms with van der Waals surface area (Å²) in [6.45, 7) is 4.69. The monoisotopic (exact) mass is 252 g/mol. The van der Waals surface area contributed by atoms with Crippen molar-refractivity contribution in [1.82, 2.24) is 5.32 Å². The highest BCUT2D eigenvalue weighted by molar-refractivity contribution is 7.14. The molecule has 1 amide bonds. The van der Waals surface area contributed by atoms with E-state index in [1.165, 1.54) is 16.9 Å². The minimum Gasteiger partial charge on any atom is -0.350 e. The molecule has 1 aliphatic carbocycles. The highest BCUT2D eigenvalue weighted by Gasteiger charge is 2.18. The Balaban J connectivity index is 1.91. The summed E-state index contributed by atoms with van der Waals surface area (Å²) in [5, 5.41) is 2.92. The Labute approximate surface area is 106 Å². The Kier molecular flexibility index (Phi) is 3.84. The van der Waals surface area contributed by atoms with Gasteiger partial charge in [0.15, 0.2) is 0 Å². The smallest absolute Gasteiger partial charge is 0.261 e. The zero-order valence-electron chi connectivity index (χ0n) is 10.5. The van der Waals surface area contributed by atoms with E-state index in [9.17, 15) is 4.79 Å². The van der Waals surface area contributed by atoms with Crippen molar-refractivity contribution >= 4 is 17.2 Å². The number of carbonyl (C=O) groups excluding carboxylic acids is 1. The minimum atomic E-state index is 0.0282. The van der Waals surface area contributed by atoms with Crippen LogP contribution in [0, 0.1) is 5.92 Å². The average molecular weight is 252 g/mol. The van der Waals surface area contributed by atoms with Gasteiger partial charge < -0.3 is 11.1 Å². The second-order valence-electron chi connectivity index (χ2n) is 5.03. The minimum absolute atomic E-state index is 0.0282. The number of fused-ring (bicyclic) bond motifs is 1. The molecule has 0 bridgehead atoms. The number of nitrogens with one attached hydrogen (secondary N) is 1. The molecule has 1 aromatic heterocycles. The standard InChI is InChI=1S/C13H20N2OS/c1-8(2)10(14)7-15-13(16)12-6-9-4-3-5-11(9)17-12/h6,8,10H,3-5,7,14H2,1-2H3,(H,15,16). The maximum atomic E-state index is 11.9. The second-order valence-corrected chi connectivity index (χ2v) is 6.17. The zero-order valence-corrected chi connectivity index (χ0v) is 11.3. The van der Waals surface area contributed by atoms with E-state index in [0.29, 0.717) is 12.5 Å². The summed E-state index contributed by atoms with van der Waals surface area (Å²) in [6, 6.07) is 2.08. The van der Waals surface area contributed by atoms with Crippen LogP contribution in [0.5, 0.6) is 0 Å². The van der Waals surface area contributed by atoms with E-state index < -0.39 is 0 Å². The Morgan fingerprint density at radius 2 is 2.29 bits per heavy atom. The fraction of sp³-hybridized carbons (Fsp3) is 0.615. The molecule has 2 rings (SSSR count). The number of carbonyl (C=O) groups is 1. The highest BCUT2D eigenvalue weighted by atomic mass is 32.1. The largest absolute Gasteiger partial charge is 0.350 e. The third-order valence-corrected chi connectivity index (χ3v) is 4.56. The van der Waals surface area contributed by atoms with Crippen LogP contribution >= 0.6 is 11.3 Å². The van der Waals surface area contributed by atoms with Gasteiger partial charge in [-0.2, -0.15) is 0 Å².